The quantitative estimate of drug-likeness (QED) is 0.834. The number of hydrogen-bond acceptors (Lipinski definition) is 4. The topological polar surface area (TPSA) is 51.2 Å². The second kappa shape index (κ2) is 4.21. The van der Waals surface area contributed by atoms with Gasteiger partial charge >= 0.3 is 0 Å². The van der Waals surface area contributed by atoms with E-state index in [2.05, 4.69) is 10.3 Å². The van der Waals surface area contributed by atoms with Crippen molar-refractivity contribution in [3.63, 3.8) is 0 Å². The molecule has 0 amide bonds. The SMILES string of the molecule is CNc1nc(CCc2ccco2)c(C)o1. The zero-order chi connectivity index (χ0) is 10.7. The highest BCUT2D eigenvalue weighted by atomic mass is 16.4. The fraction of sp³-hybridized carbons (Fsp3) is 0.364. The molecule has 0 aliphatic heterocycles. The number of aromatic nitrogens is 1. The number of nitrogens with one attached hydrogen (secondary N) is 1. The fourth-order valence-corrected chi connectivity index (χ4v) is 1.46. The molecular formula is C11H14N2O2. The second-order valence-corrected chi connectivity index (χ2v) is 3.35. The Labute approximate surface area is 88.3 Å². The Morgan fingerprint density at radius 3 is 2.87 bits per heavy atom. The Bertz CT molecular complexity index is 418. The van der Waals surface area contributed by atoms with Gasteiger partial charge in [-0.3, -0.25) is 0 Å². The maximum Gasteiger partial charge on any atom is 0.294 e. The third-order valence-corrected chi connectivity index (χ3v) is 2.29. The van der Waals surface area contributed by atoms with Crippen LogP contribution in [0.5, 0.6) is 0 Å². The number of rotatable bonds is 4. The zero-order valence-electron chi connectivity index (χ0n) is 8.91. The van der Waals surface area contributed by atoms with Crippen molar-refractivity contribution in [2.45, 2.75) is 19.8 Å². The molecule has 0 saturated carbocycles. The smallest absolute Gasteiger partial charge is 0.294 e. The second-order valence-electron chi connectivity index (χ2n) is 3.35. The Hall–Kier alpha value is -1.71. The number of hydrogen-bond donors (Lipinski definition) is 1. The molecule has 0 spiro atoms. The highest BCUT2D eigenvalue weighted by Crippen LogP contribution is 2.15. The normalized spacial score (nSPS) is 10.5. The Morgan fingerprint density at radius 2 is 2.27 bits per heavy atom. The van der Waals surface area contributed by atoms with Crippen LogP contribution in [0.15, 0.2) is 27.2 Å². The highest BCUT2D eigenvalue weighted by Gasteiger charge is 2.08. The van der Waals surface area contributed by atoms with Crippen LogP contribution >= 0.6 is 0 Å². The van der Waals surface area contributed by atoms with Gasteiger partial charge in [0.2, 0.25) is 0 Å². The Kier molecular flexibility index (Phi) is 2.76. The first-order valence-electron chi connectivity index (χ1n) is 4.96. The molecule has 0 saturated heterocycles. The number of anilines is 1. The summed E-state index contributed by atoms with van der Waals surface area (Å²) >= 11 is 0. The van der Waals surface area contributed by atoms with Crippen molar-refractivity contribution in [3.05, 3.63) is 35.6 Å². The molecule has 0 aromatic carbocycles. The molecule has 4 heteroatoms. The summed E-state index contributed by atoms with van der Waals surface area (Å²) in [7, 11) is 1.79. The van der Waals surface area contributed by atoms with Gasteiger partial charge in [0.25, 0.3) is 6.01 Å². The molecule has 4 nitrogen and oxygen atoms in total. The summed E-state index contributed by atoms with van der Waals surface area (Å²) in [5.41, 5.74) is 0.982. The first-order chi connectivity index (χ1) is 7.29. The van der Waals surface area contributed by atoms with Gasteiger partial charge in [-0.05, 0) is 19.1 Å². The van der Waals surface area contributed by atoms with Crippen molar-refractivity contribution in [1.82, 2.24) is 4.98 Å². The molecule has 2 aromatic heterocycles. The van der Waals surface area contributed by atoms with E-state index in [0.717, 1.165) is 30.1 Å². The fourth-order valence-electron chi connectivity index (χ4n) is 1.46. The predicted molar refractivity (Wildman–Crippen MR) is 56.9 cm³/mol. The molecule has 15 heavy (non-hydrogen) atoms. The van der Waals surface area contributed by atoms with Gasteiger partial charge in [-0.15, -0.1) is 0 Å². The summed E-state index contributed by atoms with van der Waals surface area (Å²) in [4.78, 5) is 4.31. The van der Waals surface area contributed by atoms with Crippen LogP contribution in [0.1, 0.15) is 17.2 Å². The van der Waals surface area contributed by atoms with Crippen LogP contribution in [0.4, 0.5) is 6.01 Å². The van der Waals surface area contributed by atoms with Crippen LogP contribution in [0.2, 0.25) is 0 Å². The van der Waals surface area contributed by atoms with Gasteiger partial charge in [0.15, 0.2) is 0 Å². The van der Waals surface area contributed by atoms with Gasteiger partial charge in [0.05, 0.1) is 12.0 Å². The third kappa shape index (κ3) is 2.21. The maximum absolute atomic E-state index is 5.38. The molecule has 0 bridgehead atoms. The summed E-state index contributed by atoms with van der Waals surface area (Å²) in [6.07, 6.45) is 3.37. The standard InChI is InChI=1S/C11H14N2O2/c1-8-10(13-11(12-2)15-8)6-5-9-4-3-7-14-9/h3-4,7H,5-6H2,1-2H3,(H,12,13). The minimum absolute atomic E-state index is 0.571. The van der Waals surface area contributed by atoms with Crippen molar-refractivity contribution in [2.75, 3.05) is 12.4 Å². The van der Waals surface area contributed by atoms with E-state index >= 15 is 0 Å². The largest absolute Gasteiger partial charge is 0.469 e. The van der Waals surface area contributed by atoms with E-state index in [0.29, 0.717) is 6.01 Å². The molecule has 2 aromatic rings. The molecule has 0 unspecified atom stereocenters. The van der Waals surface area contributed by atoms with Crippen LogP contribution in [-0.2, 0) is 12.8 Å². The van der Waals surface area contributed by atoms with Crippen LogP contribution < -0.4 is 5.32 Å². The summed E-state index contributed by atoms with van der Waals surface area (Å²) < 4.78 is 10.6. The molecule has 0 aliphatic rings. The summed E-state index contributed by atoms with van der Waals surface area (Å²) in [6, 6.07) is 4.43. The van der Waals surface area contributed by atoms with E-state index in [9.17, 15) is 0 Å². The zero-order valence-corrected chi connectivity index (χ0v) is 8.91. The third-order valence-electron chi connectivity index (χ3n) is 2.29. The lowest BCUT2D eigenvalue weighted by Crippen LogP contribution is -1.93. The molecule has 1 N–H and O–H groups in total. The molecule has 0 atom stereocenters. The summed E-state index contributed by atoms with van der Waals surface area (Å²) in [6.45, 7) is 1.92. The van der Waals surface area contributed by atoms with E-state index in [-0.39, 0.29) is 0 Å². The average Bonchev–Trinajstić information content (AvgIpc) is 2.84. The van der Waals surface area contributed by atoms with Crippen LogP contribution in [0.3, 0.4) is 0 Å². The lowest BCUT2D eigenvalue weighted by molar-refractivity contribution is 0.505. The molecule has 0 aliphatic carbocycles. The van der Waals surface area contributed by atoms with E-state index in [1.165, 1.54) is 0 Å². The number of aryl methyl sites for hydroxylation is 3. The van der Waals surface area contributed by atoms with E-state index < -0.39 is 0 Å². The van der Waals surface area contributed by atoms with Gasteiger partial charge in [0, 0.05) is 19.9 Å². The lowest BCUT2D eigenvalue weighted by atomic mass is 10.2. The first kappa shape index (κ1) is 9.83. The van der Waals surface area contributed by atoms with Crippen molar-refractivity contribution >= 4 is 6.01 Å². The van der Waals surface area contributed by atoms with Gasteiger partial charge < -0.3 is 14.2 Å². The van der Waals surface area contributed by atoms with Crippen molar-refractivity contribution in [2.24, 2.45) is 0 Å². The minimum atomic E-state index is 0.571. The van der Waals surface area contributed by atoms with Crippen molar-refractivity contribution in [1.29, 1.82) is 0 Å². The van der Waals surface area contributed by atoms with Gasteiger partial charge in [-0.1, -0.05) is 0 Å². The molecule has 2 heterocycles. The van der Waals surface area contributed by atoms with E-state index in [1.807, 2.05) is 19.1 Å². The molecule has 0 radical (unpaired) electrons. The lowest BCUT2D eigenvalue weighted by Gasteiger charge is -1.94. The number of furan rings is 1. The number of nitrogens with zero attached hydrogens (tertiary/aromatic N) is 1. The summed E-state index contributed by atoms with van der Waals surface area (Å²) in [5, 5.41) is 2.88. The van der Waals surface area contributed by atoms with Crippen molar-refractivity contribution < 1.29 is 8.83 Å². The van der Waals surface area contributed by atoms with Crippen LogP contribution in [-0.4, -0.2) is 12.0 Å². The monoisotopic (exact) mass is 206 g/mol. The predicted octanol–water partition coefficient (Wildman–Crippen LogP) is 2.40. The van der Waals surface area contributed by atoms with Crippen LogP contribution in [0.25, 0.3) is 0 Å². The Morgan fingerprint density at radius 1 is 1.40 bits per heavy atom. The summed E-state index contributed by atoms with van der Waals surface area (Å²) in [5.74, 6) is 1.84. The molecule has 2 rings (SSSR count). The van der Waals surface area contributed by atoms with Gasteiger partial charge in [0.1, 0.15) is 11.5 Å². The minimum Gasteiger partial charge on any atom is -0.469 e. The van der Waals surface area contributed by atoms with Gasteiger partial charge in [-0.25, -0.2) is 0 Å². The van der Waals surface area contributed by atoms with E-state index in [4.69, 9.17) is 8.83 Å². The van der Waals surface area contributed by atoms with Gasteiger partial charge in [-0.2, -0.15) is 4.98 Å². The first-order valence-corrected chi connectivity index (χ1v) is 4.96. The van der Waals surface area contributed by atoms with Crippen molar-refractivity contribution in [3.8, 4) is 0 Å². The Balaban J connectivity index is 2.01. The van der Waals surface area contributed by atoms with E-state index in [1.54, 1.807) is 13.3 Å². The average molecular weight is 206 g/mol. The molecule has 0 fully saturated rings. The number of oxazole rings is 1. The molecule has 80 valence electrons. The van der Waals surface area contributed by atoms with Crippen LogP contribution in [0, 0.1) is 6.92 Å². The molecular weight excluding hydrogens is 192 g/mol. The highest BCUT2D eigenvalue weighted by molar-refractivity contribution is 5.24. The maximum atomic E-state index is 5.38.